The number of aliphatic imine (C=N–C) groups is 1. The molecule has 2 aliphatic rings. The third-order valence-corrected chi connectivity index (χ3v) is 6.04. The lowest BCUT2D eigenvalue weighted by molar-refractivity contribution is -0.183. The van der Waals surface area contributed by atoms with E-state index in [2.05, 4.69) is 27.8 Å². The van der Waals surface area contributed by atoms with Crippen molar-refractivity contribution in [1.29, 1.82) is 0 Å². The number of aryl methyl sites for hydroxylation is 1. The lowest BCUT2D eigenvalue weighted by Crippen LogP contribution is -2.51. The summed E-state index contributed by atoms with van der Waals surface area (Å²) in [5.41, 5.74) is 2.62. The normalized spacial score (nSPS) is 24.7. The van der Waals surface area contributed by atoms with Crippen molar-refractivity contribution in [3.63, 3.8) is 0 Å². The highest BCUT2D eigenvalue weighted by Gasteiger charge is 2.42. The van der Waals surface area contributed by atoms with Crippen LogP contribution in [0.1, 0.15) is 43.2 Å². The van der Waals surface area contributed by atoms with Gasteiger partial charge in [-0.05, 0) is 49.7 Å². The molecule has 5 nitrogen and oxygen atoms in total. The van der Waals surface area contributed by atoms with E-state index in [1.165, 1.54) is 16.0 Å². The Morgan fingerprint density at radius 3 is 2.50 bits per heavy atom. The number of benzene rings is 1. The van der Waals surface area contributed by atoms with Crippen molar-refractivity contribution < 1.29 is 18.0 Å². The number of hydrogen-bond donors (Lipinski definition) is 2. The van der Waals surface area contributed by atoms with Gasteiger partial charge in [0.25, 0.3) is 0 Å². The first kappa shape index (κ1) is 22.4. The maximum absolute atomic E-state index is 13.2. The molecule has 3 rings (SSSR count). The predicted molar refractivity (Wildman–Crippen MR) is 111 cm³/mol. The van der Waals surface area contributed by atoms with Gasteiger partial charge in [-0.25, -0.2) is 4.99 Å². The number of likely N-dealkylation sites (N-methyl/N-ethyl adjacent to an activating group) is 1. The molecule has 1 aromatic carbocycles. The fourth-order valence-electron chi connectivity index (χ4n) is 4.25. The fourth-order valence-corrected chi connectivity index (χ4v) is 4.25. The molecule has 0 spiro atoms. The Bertz CT molecular complexity index is 763. The average Bonchev–Trinajstić information content (AvgIpc) is 2.71. The highest BCUT2D eigenvalue weighted by atomic mass is 19.4. The summed E-state index contributed by atoms with van der Waals surface area (Å²) in [6, 6.07) is 8.12. The van der Waals surface area contributed by atoms with E-state index in [1.54, 1.807) is 14.1 Å². The number of rotatable bonds is 4. The van der Waals surface area contributed by atoms with Crippen LogP contribution in [0.3, 0.4) is 0 Å². The van der Waals surface area contributed by atoms with Gasteiger partial charge in [0.15, 0.2) is 5.96 Å². The number of nitrogens with zero attached hydrogens (tertiary/aromatic N) is 2. The van der Waals surface area contributed by atoms with Gasteiger partial charge >= 0.3 is 6.18 Å². The highest BCUT2D eigenvalue weighted by molar-refractivity contribution is 5.85. The monoisotopic (exact) mass is 424 g/mol. The molecule has 2 N–H and O–H groups in total. The van der Waals surface area contributed by atoms with Crippen LogP contribution < -0.4 is 10.6 Å². The number of nitrogens with one attached hydrogen (secondary N) is 2. The van der Waals surface area contributed by atoms with Gasteiger partial charge in [-0.1, -0.05) is 30.7 Å². The minimum Gasteiger partial charge on any atom is -0.354 e. The van der Waals surface area contributed by atoms with Crippen LogP contribution in [-0.4, -0.2) is 55.7 Å². The Labute approximate surface area is 176 Å². The van der Waals surface area contributed by atoms with Gasteiger partial charge in [0.1, 0.15) is 6.54 Å². The SMILES string of the molecule is CN(C)C(=O)CN=C(NC1CCc2ccccc2C1)NC1CCCC(C(F)(F)F)C1. The van der Waals surface area contributed by atoms with Crippen LogP contribution in [0.25, 0.3) is 0 Å². The highest BCUT2D eigenvalue weighted by Crippen LogP contribution is 2.37. The summed E-state index contributed by atoms with van der Waals surface area (Å²) in [7, 11) is 3.32. The lowest BCUT2D eigenvalue weighted by Gasteiger charge is -2.33. The largest absolute Gasteiger partial charge is 0.391 e. The Balaban J connectivity index is 1.68. The molecule has 0 aliphatic heterocycles. The van der Waals surface area contributed by atoms with E-state index in [1.807, 2.05) is 12.1 Å². The zero-order valence-corrected chi connectivity index (χ0v) is 17.6. The molecule has 0 radical (unpaired) electrons. The molecule has 8 heteroatoms. The third-order valence-electron chi connectivity index (χ3n) is 6.04. The summed E-state index contributed by atoms with van der Waals surface area (Å²) < 4.78 is 39.6. The number of fused-ring (bicyclic) bond motifs is 1. The molecule has 1 saturated carbocycles. The number of halogens is 3. The van der Waals surface area contributed by atoms with Crippen molar-refractivity contribution in [1.82, 2.24) is 15.5 Å². The summed E-state index contributed by atoms with van der Waals surface area (Å²) in [6.45, 7) is -0.0406. The number of carbonyl (C=O) groups is 1. The standard InChI is InChI=1S/C22H31F3N4O/c1-29(2)20(30)14-26-21(27-18-9-5-8-17(13-18)22(23,24)25)28-19-11-10-15-6-3-4-7-16(15)12-19/h3-4,6-7,17-19H,5,8-14H2,1-2H3,(H2,26,27,28). The molecule has 1 aromatic rings. The summed E-state index contributed by atoms with van der Waals surface area (Å²) in [5.74, 6) is -1.00. The van der Waals surface area contributed by atoms with Gasteiger partial charge in [0.2, 0.25) is 5.91 Å². The van der Waals surface area contributed by atoms with Crippen LogP contribution in [0.4, 0.5) is 13.2 Å². The predicted octanol–water partition coefficient (Wildman–Crippen LogP) is 3.29. The van der Waals surface area contributed by atoms with E-state index in [4.69, 9.17) is 0 Å². The number of hydrogen-bond acceptors (Lipinski definition) is 2. The van der Waals surface area contributed by atoms with E-state index in [-0.39, 0.29) is 37.4 Å². The molecule has 0 saturated heterocycles. The quantitative estimate of drug-likeness (QED) is 0.576. The first-order valence-electron chi connectivity index (χ1n) is 10.6. The van der Waals surface area contributed by atoms with Crippen molar-refractivity contribution in [2.24, 2.45) is 10.9 Å². The van der Waals surface area contributed by atoms with Gasteiger partial charge in [-0.3, -0.25) is 4.79 Å². The van der Waals surface area contributed by atoms with E-state index in [0.717, 1.165) is 19.3 Å². The first-order valence-corrected chi connectivity index (χ1v) is 10.6. The second-order valence-corrected chi connectivity index (χ2v) is 8.55. The second-order valence-electron chi connectivity index (χ2n) is 8.55. The topological polar surface area (TPSA) is 56.7 Å². The van der Waals surface area contributed by atoms with E-state index < -0.39 is 12.1 Å². The zero-order valence-electron chi connectivity index (χ0n) is 17.6. The van der Waals surface area contributed by atoms with Gasteiger partial charge in [0.05, 0.1) is 5.92 Å². The number of amides is 1. The van der Waals surface area contributed by atoms with E-state index >= 15 is 0 Å². The van der Waals surface area contributed by atoms with Crippen molar-refractivity contribution in [3.8, 4) is 0 Å². The molecular weight excluding hydrogens is 393 g/mol. The first-order chi connectivity index (χ1) is 14.2. The molecule has 0 heterocycles. The Kier molecular flexibility index (Phi) is 7.26. The summed E-state index contributed by atoms with van der Waals surface area (Å²) in [5, 5.41) is 6.57. The van der Waals surface area contributed by atoms with Crippen LogP contribution in [-0.2, 0) is 17.6 Å². The van der Waals surface area contributed by atoms with E-state index in [0.29, 0.717) is 18.8 Å². The molecule has 1 fully saturated rings. The summed E-state index contributed by atoms with van der Waals surface area (Å²) in [4.78, 5) is 17.8. The smallest absolute Gasteiger partial charge is 0.354 e. The van der Waals surface area contributed by atoms with Gasteiger partial charge in [-0.2, -0.15) is 13.2 Å². The van der Waals surface area contributed by atoms with Gasteiger partial charge in [0, 0.05) is 26.2 Å². The zero-order chi connectivity index (χ0) is 21.7. The Morgan fingerprint density at radius 2 is 1.80 bits per heavy atom. The molecule has 0 bridgehead atoms. The van der Waals surface area contributed by atoms with Gasteiger partial charge in [-0.15, -0.1) is 0 Å². The van der Waals surface area contributed by atoms with E-state index in [9.17, 15) is 18.0 Å². The number of carbonyl (C=O) groups excluding carboxylic acids is 1. The lowest BCUT2D eigenvalue weighted by atomic mass is 9.85. The number of alkyl halides is 3. The molecule has 3 atom stereocenters. The molecule has 1 amide bonds. The van der Waals surface area contributed by atoms with Crippen molar-refractivity contribution in [2.45, 2.75) is 63.2 Å². The van der Waals surface area contributed by atoms with Crippen LogP contribution in [0.5, 0.6) is 0 Å². The fraction of sp³-hybridized carbons (Fsp3) is 0.636. The van der Waals surface area contributed by atoms with Crippen molar-refractivity contribution >= 4 is 11.9 Å². The minimum absolute atomic E-state index is 0.0406. The number of guanidine groups is 1. The van der Waals surface area contributed by atoms with Crippen LogP contribution >= 0.6 is 0 Å². The van der Waals surface area contributed by atoms with Crippen LogP contribution in [0.15, 0.2) is 29.3 Å². The minimum atomic E-state index is -4.17. The summed E-state index contributed by atoms with van der Waals surface area (Å²) >= 11 is 0. The molecule has 3 unspecified atom stereocenters. The molecule has 166 valence electrons. The molecule has 2 aliphatic carbocycles. The maximum atomic E-state index is 13.2. The molecular formula is C22H31F3N4O. The molecule has 30 heavy (non-hydrogen) atoms. The Morgan fingerprint density at radius 1 is 1.10 bits per heavy atom. The van der Waals surface area contributed by atoms with Crippen molar-refractivity contribution in [3.05, 3.63) is 35.4 Å². The Hall–Kier alpha value is -2.25. The van der Waals surface area contributed by atoms with Crippen LogP contribution in [0, 0.1) is 5.92 Å². The average molecular weight is 425 g/mol. The van der Waals surface area contributed by atoms with Gasteiger partial charge < -0.3 is 15.5 Å². The molecule has 0 aromatic heterocycles. The second kappa shape index (κ2) is 9.71. The summed E-state index contributed by atoms with van der Waals surface area (Å²) in [6.07, 6.45) is -0.0652. The van der Waals surface area contributed by atoms with Crippen LogP contribution in [0.2, 0.25) is 0 Å². The van der Waals surface area contributed by atoms with Crippen molar-refractivity contribution in [2.75, 3.05) is 20.6 Å². The third kappa shape index (κ3) is 6.12. The maximum Gasteiger partial charge on any atom is 0.391 e.